The Kier molecular flexibility index (Phi) is 8.86. The van der Waals surface area contributed by atoms with Crippen LogP contribution in [0.4, 0.5) is 5.69 Å². The average Bonchev–Trinajstić information content (AvgIpc) is 3.44. The number of carboxylic acids is 1. The van der Waals surface area contributed by atoms with Crippen LogP contribution in [-0.4, -0.2) is 52.5 Å². The number of nitrogens with one attached hydrogen (secondary N) is 1. The molecule has 1 aromatic heterocycles. The van der Waals surface area contributed by atoms with Crippen LogP contribution < -0.4 is 18.9 Å². The first-order valence-electron chi connectivity index (χ1n) is 11.6. The average molecular weight is 565 g/mol. The lowest BCUT2D eigenvalue weighted by atomic mass is 10.1. The van der Waals surface area contributed by atoms with Gasteiger partial charge in [-0.15, -0.1) is 5.10 Å². The fourth-order valence-corrected chi connectivity index (χ4v) is 4.28. The van der Waals surface area contributed by atoms with Crippen LogP contribution in [0.3, 0.4) is 0 Å². The Bertz CT molecular complexity index is 1530. The molecule has 0 saturated carbocycles. The normalized spacial score (nSPS) is 11.1. The number of H-pyrrole nitrogens is 1. The molecule has 12 nitrogen and oxygen atoms in total. The first-order chi connectivity index (χ1) is 19.3. The van der Waals surface area contributed by atoms with Crippen molar-refractivity contribution in [2.24, 2.45) is 0 Å². The molecule has 13 heteroatoms. The van der Waals surface area contributed by atoms with Gasteiger partial charge in [0, 0.05) is 11.6 Å². The van der Waals surface area contributed by atoms with E-state index in [0.717, 1.165) is 17.3 Å². The van der Waals surface area contributed by atoms with Crippen molar-refractivity contribution < 1.29 is 33.8 Å². The monoisotopic (exact) mass is 564 g/mol. The molecule has 3 aromatic carbocycles. The molecule has 0 atom stereocenters. The highest BCUT2D eigenvalue weighted by molar-refractivity contribution is 8.04. The molecule has 0 bridgehead atoms. The van der Waals surface area contributed by atoms with Gasteiger partial charge in [-0.25, -0.2) is 9.78 Å². The summed E-state index contributed by atoms with van der Waals surface area (Å²) in [5, 5.41) is 28.7. The number of aromatic amines is 1. The second-order valence-electron chi connectivity index (χ2n) is 8.08. The second kappa shape index (κ2) is 12.7. The molecule has 0 aliphatic rings. The molecule has 4 aromatic rings. The molecular formula is C27H24N4O8S. The second-order valence-corrected chi connectivity index (χ2v) is 9.09. The minimum Gasteiger partial charge on any atom is -0.497 e. The number of thioether (sulfide) groups is 1. The first kappa shape index (κ1) is 28.0. The highest BCUT2D eigenvalue weighted by Crippen LogP contribution is 2.38. The zero-order valence-corrected chi connectivity index (χ0v) is 22.4. The van der Waals surface area contributed by atoms with E-state index in [9.17, 15) is 20.0 Å². The lowest BCUT2D eigenvalue weighted by molar-refractivity contribution is -0.385. The van der Waals surface area contributed by atoms with Crippen molar-refractivity contribution in [2.75, 3.05) is 21.3 Å². The number of nitro groups is 1. The molecule has 0 aliphatic heterocycles. The molecule has 0 fully saturated rings. The lowest BCUT2D eigenvalue weighted by Gasteiger charge is -2.12. The molecule has 0 spiro atoms. The molecule has 0 amide bonds. The summed E-state index contributed by atoms with van der Waals surface area (Å²) in [5.41, 5.74) is 1.11. The standard InChI is InChI=1S/C27H24N4O8S/c1-36-19-9-18(10-20(13-19)37-2)25-28-27(30-29-25)40-24(26(32)33)12-17-11-22(38-3)23(14-21(17)31(34)35)39-15-16-7-5-4-6-8-16/h4-14H,15H2,1-3H3,(H,32,33)(H,28,29,30)/b24-12-. The van der Waals surface area contributed by atoms with Gasteiger partial charge in [0.15, 0.2) is 17.3 Å². The van der Waals surface area contributed by atoms with Crippen molar-refractivity contribution in [3.05, 3.63) is 86.8 Å². The Balaban J connectivity index is 1.64. The number of aliphatic carboxylic acids is 1. The van der Waals surface area contributed by atoms with Crippen molar-refractivity contribution in [3.8, 4) is 34.4 Å². The van der Waals surface area contributed by atoms with Gasteiger partial charge in [0.05, 0.1) is 37.9 Å². The number of carboxylic acid groups (broad SMARTS) is 1. The summed E-state index contributed by atoms with van der Waals surface area (Å²) in [6.45, 7) is 0.159. The summed E-state index contributed by atoms with van der Waals surface area (Å²) < 4.78 is 21.7. The summed E-state index contributed by atoms with van der Waals surface area (Å²) in [6, 6.07) is 17.0. The fourth-order valence-electron chi connectivity index (χ4n) is 3.59. The van der Waals surface area contributed by atoms with Gasteiger partial charge in [-0.2, -0.15) is 0 Å². The summed E-state index contributed by atoms with van der Waals surface area (Å²) in [7, 11) is 4.42. The van der Waals surface area contributed by atoms with Crippen LogP contribution in [0.15, 0.2) is 70.7 Å². The van der Waals surface area contributed by atoms with Gasteiger partial charge in [0.25, 0.3) is 5.69 Å². The van der Waals surface area contributed by atoms with Crippen LogP contribution in [0.5, 0.6) is 23.0 Å². The van der Waals surface area contributed by atoms with E-state index in [1.54, 1.807) is 18.2 Å². The molecule has 1 heterocycles. The van der Waals surface area contributed by atoms with Crippen molar-refractivity contribution in [3.63, 3.8) is 0 Å². The van der Waals surface area contributed by atoms with Crippen LogP contribution in [0.2, 0.25) is 0 Å². The number of nitrogens with zero attached hydrogens (tertiary/aromatic N) is 3. The van der Waals surface area contributed by atoms with Crippen molar-refractivity contribution >= 4 is 29.5 Å². The predicted molar refractivity (Wildman–Crippen MR) is 147 cm³/mol. The van der Waals surface area contributed by atoms with Crippen molar-refractivity contribution in [2.45, 2.75) is 11.8 Å². The van der Waals surface area contributed by atoms with Crippen molar-refractivity contribution in [1.29, 1.82) is 0 Å². The Hall–Kier alpha value is -5.04. The Morgan fingerprint density at radius 2 is 1.73 bits per heavy atom. The van der Waals surface area contributed by atoms with Crippen LogP contribution in [0, 0.1) is 10.1 Å². The number of benzene rings is 3. The van der Waals surface area contributed by atoms with E-state index in [1.165, 1.54) is 39.5 Å². The molecule has 0 saturated heterocycles. The van der Waals surface area contributed by atoms with E-state index in [1.807, 2.05) is 30.3 Å². The zero-order chi connectivity index (χ0) is 28.6. The maximum atomic E-state index is 12.1. The lowest BCUT2D eigenvalue weighted by Crippen LogP contribution is -2.02. The first-order valence-corrected chi connectivity index (χ1v) is 12.4. The van der Waals surface area contributed by atoms with Gasteiger partial charge in [-0.1, -0.05) is 30.3 Å². The molecule has 2 N–H and O–H groups in total. The number of aromatic nitrogens is 3. The summed E-state index contributed by atoms with van der Waals surface area (Å²) in [5.74, 6) is 0.433. The van der Waals surface area contributed by atoms with Crippen LogP contribution >= 0.6 is 11.8 Å². The Labute approximate surface area is 232 Å². The molecule has 0 aliphatic carbocycles. The summed E-state index contributed by atoms with van der Waals surface area (Å²) in [4.78, 5) is 27.5. The van der Waals surface area contributed by atoms with Crippen molar-refractivity contribution in [1.82, 2.24) is 15.2 Å². The van der Waals surface area contributed by atoms with Gasteiger partial charge in [0.2, 0.25) is 5.16 Å². The highest BCUT2D eigenvalue weighted by Gasteiger charge is 2.22. The van der Waals surface area contributed by atoms with E-state index in [4.69, 9.17) is 18.9 Å². The maximum absolute atomic E-state index is 12.1. The summed E-state index contributed by atoms with van der Waals surface area (Å²) in [6.07, 6.45) is 1.17. The topological polar surface area (TPSA) is 159 Å². The van der Waals surface area contributed by atoms with Gasteiger partial charge in [-0.05, 0) is 41.6 Å². The molecule has 40 heavy (non-hydrogen) atoms. The number of carbonyl (C=O) groups is 1. The minimum absolute atomic E-state index is 0.00658. The third kappa shape index (κ3) is 6.69. The molecule has 0 radical (unpaired) electrons. The SMILES string of the molecule is COc1cc(OC)cc(-c2nc(S/C(=C\c3cc(OC)c(OCc4ccccc4)cc3[N+](=O)[O-])C(=O)O)n[nH]2)c1. The van der Waals surface area contributed by atoms with Gasteiger partial charge < -0.3 is 24.1 Å². The minimum atomic E-state index is -1.32. The third-order valence-corrected chi connectivity index (χ3v) is 6.41. The largest absolute Gasteiger partial charge is 0.497 e. The maximum Gasteiger partial charge on any atom is 0.342 e. The van der Waals surface area contributed by atoms with E-state index in [-0.39, 0.29) is 39.4 Å². The van der Waals surface area contributed by atoms with E-state index < -0.39 is 10.9 Å². The summed E-state index contributed by atoms with van der Waals surface area (Å²) >= 11 is 0.724. The zero-order valence-electron chi connectivity index (χ0n) is 21.6. The van der Waals surface area contributed by atoms with Gasteiger partial charge in [0.1, 0.15) is 23.0 Å². The molecule has 0 unspecified atom stereocenters. The number of nitro benzene ring substituents is 1. The van der Waals surface area contributed by atoms with Crippen LogP contribution in [0.25, 0.3) is 17.5 Å². The van der Waals surface area contributed by atoms with Crippen LogP contribution in [-0.2, 0) is 11.4 Å². The number of hydrogen-bond donors (Lipinski definition) is 2. The number of ether oxygens (including phenoxy) is 4. The Morgan fingerprint density at radius 3 is 2.33 bits per heavy atom. The third-order valence-electron chi connectivity index (χ3n) is 5.54. The highest BCUT2D eigenvalue weighted by atomic mass is 32.2. The van der Waals surface area contributed by atoms with Gasteiger partial charge in [-0.3, -0.25) is 15.2 Å². The smallest absolute Gasteiger partial charge is 0.342 e. The Morgan fingerprint density at radius 1 is 1.02 bits per heavy atom. The van der Waals surface area contributed by atoms with Gasteiger partial charge >= 0.3 is 5.97 Å². The fraction of sp³-hybridized carbons (Fsp3) is 0.148. The van der Waals surface area contributed by atoms with E-state index in [0.29, 0.717) is 22.9 Å². The number of hydrogen-bond acceptors (Lipinski definition) is 10. The predicted octanol–water partition coefficient (Wildman–Crippen LogP) is 5.20. The number of rotatable bonds is 12. The molecular weight excluding hydrogens is 540 g/mol. The van der Waals surface area contributed by atoms with E-state index >= 15 is 0 Å². The van der Waals surface area contributed by atoms with Crippen LogP contribution in [0.1, 0.15) is 11.1 Å². The molecule has 4 rings (SSSR count). The van der Waals surface area contributed by atoms with E-state index in [2.05, 4.69) is 15.2 Å². The number of methoxy groups -OCH3 is 3. The quantitative estimate of drug-likeness (QED) is 0.101. The molecule has 206 valence electrons.